The Morgan fingerprint density at radius 3 is 3.00 bits per heavy atom. The zero-order chi connectivity index (χ0) is 11.1. The van der Waals surface area contributed by atoms with Gasteiger partial charge in [-0.15, -0.1) is 0 Å². The van der Waals surface area contributed by atoms with Gasteiger partial charge in [0.15, 0.2) is 0 Å². The van der Waals surface area contributed by atoms with E-state index in [1.54, 1.807) is 0 Å². The van der Waals surface area contributed by atoms with Crippen LogP contribution in [0.3, 0.4) is 0 Å². The summed E-state index contributed by atoms with van der Waals surface area (Å²) in [5.41, 5.74) is 0. The predicted molar refractivity (Wildman–Crippen MR) is 62.1 cm³/mol. The van der Waals surface area contributed by atoms with Crippen molar-refractivity contribution in [3.8, 4) is 0 Å². The number of aryl methyl sites for hydroxylation is 1. The van der Waals surface area contributed by atoms with E-state index in [1.165, 1.54) is 0 Å². The monoisotopic (exact) mass is 211 g/mol. The maximum Gasteiger partial charge on any atom is 0.202 e. The average molecular weight is 211 g/mol. The van der Waals surface area contributed by atoms with Crippen molar-refractivity contribution in [2.24, 2.45) is 0 Å². The molecule has 1 N–H and O–H groups in total. The summed E-state index contributed by atoms with van der Waals surface area (Å²) in [6, 6.07) is 0. The van der Waals surface area contributed by atoms with E-state index in [2.05, 4.69) is 28.7 Å². The molecule has 0 spiro atoms. The van der Waals surface area contributed by atoms with Gasteiger partial charge in [-0.1, -0.05) is 6.92 Å². The van der Waals surface area contributed by atoms with Gasteiger partial charge in [0.25, 0.3) is 0 Å². The molecule has 4 heteroatoms. The number of hydrogen-bond acceptors (Lipinski definition) is 3. The molecule has 0 radical (unpaired) electrons. The highest BCUT2D eigenvalue weighted by molar-refractivity contribution is 5.25. The molecule has 1 heterocycles. The van der Waals surface area contributed by atoms with E-state index in [-0.39, 0.29) is 6.10 Å². The maximum atomic E-state index is 5.44. The van der Waals surface area contributed by atoms with Gasteiger partial charge in [0.2, 0.25) is 5.95 Å². The largest absolute Gasteiger partial charge is 0.377 e. The lowest BCUT2D eigenvalue weighted by Gasteiger charge is -2.14. The molecule has 15 heavy (non-hydrogen) atoms. The number of anilines is 1. The Balaban J connectivity index is 2.39. The van der Waals surface area contributed by atoms with Gasteiger partial charge in [-0.3, -0.25) is 0 Å². The van der Waals surface area contributed by atoms with Crippen LogP contribution in [-0.4, -0.2) is 28.8 Å². The second-order valence-corrected chi connectivity index (χ2v) is 3.59. The van der Waals surface area contributed by atoms with Crippen LogP contribution in [0.5, 0.6) is 0 Å². The Bertz CT molecular complexity index is 273. The lowest BCUT2D eigenvalue weighted by molar-refractivity contribution is 0.0853. The molecule has 4 nitrogen and oxygen atoms in total. The first-order chi connectivity index (χ1) is 7.27. The van der Waals surface area contributed by atoms with Crippen LogP contribution in [0.2, 0.25) is 0 Å². The first-order valence-electron chi connectivity index (χ1n) is 5.64. The first-order valence-corrected chi connectivity index (χ1v) is 5.64. The lowest BCUT2D eigenvalue weighted by atomic mass is 10.4. The van der Waals surface area contributed by atoms with E-state index >= 15 is 0 Å². The molecule has 1 aromatic rings. The fraction of sp³-hybridized carbons (Fsp3) is 0.727. The number of nitrogens with zero attached hydrogens (tertiary/aromatic N) is 2. The highest BCUT2D eigenvalue weighted by Gasteiger charge is 2.04. The number of rotatable bonds is 7. The Hall–Kier alpha value is -1.03. The van der Waals surface area contributed by atoms with Crippen molar-refractivity contribution in [2.75, 3.05) is 18.5 Å². The van der Waals surface area contributed by atoms with Gasteiger partial charge < -0.3 is 14.6 Å². The molecule has 0 aliphatic rings. The normalized spacial score (nSPS) is 12.7. The SMILES string of the molecule is CCCn1ccnc1NCC(C)OCC. The topological polar surface area (TPSA) is 39.1 Å². The maximum absolute atomic E-state index is 5.44. The quantitative estimate of drug-likeness (QED) is 0.751. The van der Waals surface area contributed by atoms with Gasteiger partial charge in [0.05, 0.1) is 6.10 Å². The summed E-state index contributed by atoms with van der Waals surface area (Å²) in [6.45, 7) is 8.79. The van der Waals surface area contributed by atoms with Crippen LogP contribution in [0.1, 0.15) is 27.2 Å². The van der Waals surface area contributed by atoms with Crippen LogP contribution >= 0.6 is 0 Å². The zero-order valence-corrected chi connectivity index (χ0v) is 9.86. The molecule has 1 rings (SSSR count). The number of ether oxygens (including phenoxy) is 1. The molecule has 0 fully saturated rings. The Kier molecular flexibility index (Phi) is 5.18. The summed E-state index contributed by atoms with van der Waals surface area (Å²) in [7, 11) is 0. The smallest absolute Gasteiger partial charge is 0.202 e. The van der Waals surface area contributed by atoms with Crippen LogP contribution in [-0.2, 0) is 11.3 Å². The summed E-state index contributed by atoms with van der Waals surface area (Å²) in [4.78, 5) is 4.26. The summed E-state index contributed by atoms with van der Waals surface area (Å²) in [6.07, 6.45) is 5.16. The minimum absolute atomic E-state index is 0.224. The first kappa shape index (κ1) is 12.0. The van der Waals surface area contributed by atoms with Crippen LogP contribution in [0.15, 0.2) is 12.4 Å². The van der Waals surface area contributed by atoms with Crippen molar-refractivity contribution in [3.63, 3.8) is 0 Å². The summed E-state index contributed by atoms with van der Waals surface area (Å²) in [5, 5.41) is 3.29. The van der Waals surface area contributed by atoms with E-state index in [0.717, 1.165) is 32.1 Å². The second kappa shape index (κ2) is 6.45. The number of aromatic nitrogens is 2. The van der Waals surface area contributed by atoms with E-state index in [0.29, 0.717) is 0 Å². The van der Waals surface area contributed by atoms with E-state index in [4.69, 9.17) is 4.74 Å². The number of hydrogen-bond donors (Lipinski definition) is 1. The minimum Gasteiger partial charge on any atom is -0.377 e. The van der Waals surface area contributed by atoms with Crippen LogP contribution in [0.4, 0.5) is 5.95 Å². The molecule has 0 aromatic carbocycles. The summed E-state index contributed by atoms with van der Waals surface area (Å²) >= 11 is 0. The third-order valence-corrected chi connectivity index (χ3v) is 2.18. The van der Waals surface area contributed by atoms with Gasteiger partial charge in [-0.05, 0) is 20.3 Å². The van der Waals surface area contributed by atoms with Crippen LogP contribution in [0.25, 0.3) is 0 Å². The van der Waals surface area contributed by atoms with Gasteiger partial charge in [-0.2, -0.15) is 0 Å². The summed E-state index contributed by atoms with van der Waals surface area (Å²) < 4.78 is 7.56. The van der Waals surface area contributed by atoms with Crippen molar-refractivity contribution in [2.45, 2.75) is 39.8 Å². The van der Waals surface area contributed by atoms with E-state index in [1.807, 2.05) is 19.3 Å². The minimum atomic E-state index is 0.224. The third kappa shape index (κ3) is 3.91. The van der Waals surface area contributed by atoms with Gasteiger partial charge in [0.1, 0.15) is 0 Å². The summed E-state index contributed by atoms with van der Waals surface area (Å²) in [5.74, 6) is 0.934. The van der Waals surface area contributed by atoms with Crippen molar-refractivity contribution < 1.29 is 4.74 Å². The average Bonchev–Trinajstić information content (AvgIpc) is 2.64. The third-order valence-electron chi connectivity index (χ3n) is 2.18. The molecular formula is C11H21N3O. The fourth-order valence-electron chi connectivity index (χ4n) is 1.48. The number of nitrogens with one attached hydrogen (secondary N) is 1. The lowest BCUT2D eigenvalue weighted by Crippen LogP contribution is -2.21. The molecule has 1 atom stereocenters. The molecule has 0 bridgehead atoms. The zero-order valence-electron chi connectivity index (χ0n) is 9.86. The van der Waals surface area contributed by atoms with E-state index < -0.39 is 0 Å². The Labute approximate surface area is 91.7 Å². The predicted octanol–water partition coefficient (Wildman–Crippen LogP) is 2.13. The standard InChI is InChI=1S/C11H21N3O/c1-4-7-14-8-6-12-11(14)13-9-10(3)15-5-2/h6,8,10H,4-5,7,9H2,1-3H3,(H,12,13). The van der Waals surface area contributed by atoms with E-state index in [9.17, 15) is 0 Å². The molecule has 0 aliphatic heterocycles. The van der Waals surface area contributed by atoms with Gasteiger partial charge >= 0.3 is 0 Å². The molecule has 0 aliphatic carbocycles. The van der Waals surface area contributed by atoms with Crippen molar-refractivity contribution in [3.05, 3.63) is 12.4 Å². The van der Waals surface area contributed by atoms with Crippen molar-refractivity contribution in [1.82, 2.24) is 9.55 Å². The van der Waals surface area contributed by atoms with Crippen molar-refractivity contribution in [1.29, 1.82) is 0 Å². The molecule has 1 unspecified atom stereocenters. The molecular weight excluding hydrogens is 190 g/mol. The molecule has 86 valence electrons. The van der Waals surface area contributed by atoms with Crippen molar-refractivity contribution >= 4 is 5.95 Å². The van der Waals surface area contributed by atoms with Gasteiger partial charge in [0, 0.05) is 32.1 Å². The molecule has 0 saturated carbocycles. The molecule has 1 aromatic heterocycles. The van der Waals surface area contributed by atoms with Gasteiger partial charge in [-0.25, -0.2) is 4.98 Å². The Morgan fingerprint density at radius 2 is 2.33 bits per heavy atom. The number of imidazole rings is 1. The molecule has 0 amide bonds. The highest BCUT2D eigenvalue weighted by atomic mass is 16.5. The second-order valence-electron chi connectivity index (χ2n) is 3.59. The highest BCUT2D eigenvalue weighted by Crippen LogP contribution is 2.05. The fourth-order valence-corrected chi connectivity index (χ4v) is 1.48. The van der Waals surface area contributed by atoms with Crippen LogP contribution in [0, 0.1) is 0 Å². The van der Waals surface area contributed by atoms with Crippen LogP contribution < -0.4 is 5.32 Å². The molecule has 0 saturated heterocycles. The Morgan fingerprint density at radius 1 is 1.53 bits per heavy atom.